The molecular weight excluding hydrogens is 272 g/mol. The molecule has 0 aliphatic heterocycles. The molecule has 4 fully saturated rings. The molecule has 0 saturated heterocycles. The first kappa shape index (κ1) is 14.0. The summed E-state index contributed by atoms with van der Waals surface area (Å²) < 4.78 is 6.11. The number of benzene rings is 1. The molecule has 5 rings (SSSR count). The SMILES string of the molecule is C=Cc1ccc(C(=O)OC2(C)C3CC4CC(C3)CC2C4)cc1. The molecule has 0 spiro atoms. The van der Waals surface area contributed by atoms with Crippen molar-refractivity contribution in [1.82, 2.24) is 0 Å². The summed E-state index contributed by atoms with van der Waals surface area (Å²) in [5.74, 6) is 2.76. The maximum absolute atomic E-state index is 12.6. The molecule has 116 valence electrons. The van der Waals surface area contributed by atoms with Crippen molar-refractivity contribution in [3.05, 3.63) is 42.0 Å². The second-order valence-corrected chi connectivity index (χ2v) is 7.70. The van der Waals surface area contributed by atoms with Crippen molar-refractivity contribution in [3.63, 3.8) is 0 Å². The normalized spacial score (nSPS) is 38.8. The topological polar surface area (TPSA) is 26.3 Å². The highest BCUT2D eigenvalue weighted by molar-refractivity contribution is 5.90. The van der Waals surface area contributed by atoms with Crippen LogP contribution in [0.5, 0.6) is 0 Å². The van der Waals surface area contributed by atoms with Gasteiger partial charge in [-0.25, -0.2) is 4.79 Å². The van der Waals surface area contributed by atoms with E-state index in [0.717, 1.165) is 17.4 Å². The van der Waals surface area contributed by atoms with Gasteiger partial charge in [0.05, 0.1) is 5.56 Å². The summed E-state index contributed by atoms with van der Waals surface area (Å²) in [5.41, 5.74) is 1.43. The third-order valence-corrected chi connectivity index (χ3v) is 6.45. The fraction of sp³-hybridized carbons (Fsp3) is 0.550. The Labute approximate surface area is 132 Å². The fourth-order valence-corrected chi connectivity index (χ4v) is 5.30. The van der Waals surface area contributed by atoms with Crippen LogP contribution in [0.1, 0.15) is 54.9 Å². The Kier molecular flexibility index (Phi) is 3.18. The molecule has 22 heavy (non-hydrogen) atoms. The summed E-state index contributed by atoms with van der Waals surface area (Å²) in [7, 11) is 0. The lowest BCUT2D eigenvalue weighted by atomic mass is 9.50. The third-order valence-electron chi connectivity index (χ3n) is 6.45. The van der Waals surface area contributed by atoms with Crippen molar-refractivity contribution in [2.45, 2.75) is 44.6 Å². The molecule has 0 N–H and O–H groups in total. The summed E-state index contributed by atoms with van der Waals surface area (Å²) in [6.45, 7) is 5.93. The Morgan fingerprint density at radius 2 is 1.64 bits per heavy atom. The molecule has 2 heteroatoms. The standard InChI is InChI=1S/C20H24O2/c1-3-13-4-6-16(7-5-13)19(21)22-20(2)17-9-14-8-15(11-17)12-18(20)10-14/h3-7,14-15,17-18H,1,8-12H2,2H3. The minimum atomic E-state index is -0.248. The van der Waals surface area contributed by atoms with Gasteiger partial charge in [-0.1, -0.05) is 24.8 Å². The van der Waals surface area contributed by atoms with Gasteiger partial charge in [-0.3, -0.25) is 0 Å². The van der Waals surface area contributed by atoms with Crippen LogP contribution in [0.2, 0.25) is 0 Å². The van der Waals surface area contributed by atoms with E-state index in [0.29, 0.717) is 17.4 Å². The van der Waals surface area contributed by atoms with Gasteiger partial charge in [0.2, 0.25) is 0 Å². The van der Waals surface area contributed by atoms with Crippen LogP contribution in [0.3, 0.4) is 0 Å². The number of carbonyl (C=O) groups excluding carboxylic acids is 1. The van der Waals surface area contributed by atoms with Crippen LogP contribution in [0, 0.1) is 23.7 Å². The molecule has 2 nitrogen and oxygen atoms in total. The van der Waals surface area contributed by atoms with E-state index in [1.165, 1.54) is 32.1 Å². The monoisotopic (exact) mass is 296 g/mol. The highest BCUT2D eigenvalue weighted by Crippen LogP contribution is 2.59. The van der Waals surface area contributed by atoms with E-state index >= 15 is 0 Å². The number of hydrogen-bond acceptors (Lipinski definition) is 2. The second kappa shape index (κ2) is 4.97. The van der Waals surface area contributed by atoms with E-state index in [1.54, 1.807) is 6.08 Å². The molecule has 0 radical (unpaired) electrons. The van der Waals surface area contributed by atoms with Gasteiger partial charge in [-0.2, -0.15) is 0 Å². The van der Waals surface area contributed by atoms with Crippen LogP contribution in [-0.2, 0) is 4.74 Å². The molecule has 0 atom stereocenters. The predicted molar refractivity (Wildman–Crippen MR) is 87.4 cm³/mol. The highest BCUT2D eigenvalue weighted by atomic mass is 16.6. The Hall–Kier alpha value is -1.57. The van der Waals surface area contributed by atoms with Gasteiger partial charge in [0.1, 0.15) is 5.60 Å². The molecule has 4 bridgehead atoms. The number of ether oxygens (including phenoxy) is 1. The van der Waals surface area contributed by atoms with E-state index in [1.807, 2.05) is 24.3 Å². The summed E-state index contributed by atoms with van der Waals surface area (Å²) in [6.07, 6.45) is 8.23. The average molecular weight is 296 g/mol. The smallest absolute Gasteiger partial charge is 0.338 e. The average Bonchev–Trinajstić information content (AvgIpc) is 2.52. The molecule has 4 saturated carbocycles. The van der Waals surface area contributed by atoms with Crippen LogP contribution >= 0.6 is 0 Å². The van der Waals surface area contributed by atoms with Crippen molar-refractivity contribution in [2.75, 3.05) is 0 Å². The molecule has 0 aromatic heterocycles. The Balaban J connectivity index is 1.54. The van der Waals surface area contributed by atoms with Gasteiger partial charge < -0.3 is 4.74 Å². The molecule has 4 aliphatic rings. The van der Waals surface area contributed by atoms with Crippen molar-refractivity contribution in [2.24, 2.45) is 23.7 Å². The van der Waals surface area contributed by atoms with Crippen molar-refractivity contribution < 1.29 is 9.53 Å². The highest BCUT2D eigenvalue weighted by Gasteiger charge is 2.57. The van der Waals surface area contributed by atoms with Crippen LogP contribution in [0.15, 0.2) is 30.8 Å². The predicted octanol–water partition coefficient (Wildman–Crippen LogP) is 4.70. The zero-order valence-electron chi connectivity index (χ0n) is 13.3. The molecule has 1 aromatic rings. The van der Waals surface area contributed by atoms with E-state index in [-0.39, 0.29) is 11.6 Å². The number of hydrogen-bond donors (Lipinski definition) is 0. The second-order valence-electron chi connectivity index (χ2n) is 7.70. The molecule has 0 heterocycles. The van der Waals surface area contributed by atoms with Crippen molar-refractivity contribution in [3.8, 4) is 0 Å². The molecule has 0 amide bonds. The first-order valence-corrected chi connectivity index (χ1v) is 8.54. The number of esters is 1. The Bertz CT molecular complexity index is 571. The lowest BCUT2D eigenvalue weighted by Gasteiger charge is -2.59. The van der Waals surface area contributed by atoms with Gasteiger partial charge >= 0.3 is 5.97 Å². The van der Waals surface area contributed by atoms with Gasteiger partial charge in [0.15, 0.2) is 0 Å². The Morgan fingerprint density at radius 1 is 1.09 bits per heavy atom. The van der Waals surface area contributed by atoms with Crippen LogP contribution in [-0.4, -0.2) is 11.6 Å². The molecule has 1 aromatic carbocycles. The summed E-state index contributed by atoms with van der Waals surface area (Å²) >= 11 is 0. The maximum atomic E-state index is 12.6. The quantitative estimate of drug-likeness (QED) is 0.756. The number of rotatable bonds is 3. The van der Waals surface area contributed by atoms with Gasteiger partial charge in [-0.05, 0) is 80.4 Å². The van der Waals surface area contributed by atoms with Gasteiger partial charge in [0.25, 0.3) is 0 Å². The van der Waals surface area contributed by atoms with E-state index in [4.69, 9.17) is 4.74 Å². The van der Waals surface area contributed by atoms with Crippen molar-refractivity contribution >= 4 is 12.0 Å². The minimum absolute atomic E-state index is 0.161. The van der Waals surface area contributed by atoms with Crippen LogP contribution in [0.25, 0.3) is 6.08 Å². The first-order valence-electron chi connectivity index (χ1n) is 8.54. The summed E-state index contributed by atoms with van der Waals surface area (Å²) in [6, 6.07) is 7.53. The Morgan fingerprint density at radius 3 is 2.14 bits per heavy atom. The first-order chi connectivity index (χ1) is 10.6. The van der Waals surface area contributed by atoms with Crippen LogP contribution < -0.4 is 0 Å². The molecular formula is C20H24O2. The minimum Gasteiger partial charge on any atom is -0.455 e. The summed E-state index contributed by atoms with van der Waals surface area (Å²) in [5, 5.41) is 0. The number of carbonyl (C=O) groups is 1. The molecule has 4 aliphatic carbocycles. The largest absolute Gasteiger partial charge is 0.455 e. The lowest BCUT2D eigenvalue weighted by molar-refractivity contribution is -0.165. The molecule has 0 unspecified atom stereocenters. The lowest BCUT2D eigenvalue weighted by Crippen LogP contribution is -2.58. The fourth-order valence-electron chi connectivity index (χ4n) is 5.30. The van der Waals surface area contributed by atoms with Gasteiger partial charge in [0, 0.05) is 0 Å². The zero-order valence-corrected chi connectivity index (χ0v) is 13.3. The van der Waals surface area contributed by atoms with E-state index < -0.39 is 0 Å². The maximum Gasteiger partial charge on any atom is 0.338 e. The van der Waals surface area contributed by atoms with E-state index in [2.05, 4.69) is 13.5 Å². The zero-order chi connectivity index (χ0) is 15.3. The van der Waals surface area contributed by atoms with Crippen molar-refractivity contribution in [1.29, 1.82) is 0 Å². The third kappa shape index (κ3) is 2.12. The van der Waals surface area contributed by atoms with E-state index in [9.17, 15) is 4.79 Å². The van der Waals surface area contributed by atoms with Crippen LogP contribution in [0.4, 0.5) is 0 Å². The van der Waals surface area contributed by atoms with Gasteiger partial charge in [-0.15, -0.1) is 0 Å². The summed E-state index contributed by atoms with van der Waals surface area (Å²) in [4.78, 5) is 12.6.